The molecule has 2 aromatic heterocycles. The summed E-state index contributed by atoms with van der Waals surface area (Å²) < 4.78 is 12.6. The van der Waals surface area contributed by atoms with Crippen molar-refractivity contribution in [1.82, 2.24) is 9.88 Å². The molecule has 0 aliphatic heterocycles. The van der Waals surface area contributed by atoms with Crippen LogP contribution in [-0.2, 0) is 11.3 Å². The molecular formula is C19H20N2O3. The number of hydrogen-bond acceptors (Lipinski definition) is 3. The van der Waals surface area contributed by atoms with Gasteiger partial charge in [-0.2, -0.15) is 0 Å². The highest BCUT2D eigenvalue weighted by Crippen LogP contribution is 2.22. The van der Waals surface area contributed by atoms with Gasteiger partial charge in [-0.05, 0) is 42.0 Å². The van der Waals surface area contributed by atoms with Gasteiger partial charge in [-0.25, -0.2) is 0 Å². The van der Waals surface area contributed by atoms with Crippen molar-refractivity contribution < 1.29 is 13.9 Å². The van der Waals surface area contributed by atoms with Gasteiger partial charge in [0.1, 0.15) is 11.5 Å². The third kappa shape index (κ3) is 3.87. The van der Waals surface area contributed by atoms with E-state index in [0.717, 1.165) is 17.1 Å². The minimum absolute atomic E-state index is 0.0269. The van der Waals surface area contributed by atoms with E-state index in [2.05, 4.69) is 5.32 Å². The maximum Gasteiger partial charge on any atom is 0.222 e. The number of carbonyl (C=O) groups excluding carboxylic acids is 1. The number of nitrogens with zero attached hydrogens (tertiary/aromatic N) is 1. The largest absolute Gasteiger partial charge is 0.497 e. The molecule has 3 rings (SSSR count). The standard InChI is InChI=1S/C19H20N2O3/c1-23-16-8-6-15(7-9-16)14-20-19(22)13-17(18-5-4-12-24-18)21-10-2-3-11-21/h2-12,17H,13-14H2,1H3,(H,20,22)/t17-/m0/s1. The molecule has 0 fully saturated rings. The second kappa shape index (κ2) is 7.55. The lowest BCUT2D eigenvalue weighted by atomic mass is 10.1. The highest BCUT2D eigenvalue weighted by Gasteiger charge is 2.19. The SMILES string of the molecule is COc1ccc(CNC(=O)C[C@@H](c2ccco2)n2cccc2)cc1. The van der Waals surface area contributed by atoms with Gasteiger partial charge in [-0.3, -0.25) is 4.79 Å². The number of rotatable bonds is 7. The molecule has 0 aliphatic rings. The number of benzene rings is 1. The topological polar surface area (TPSA) is 56.4 Å². The van der Waals surface area contributed by atoms with E-state index in [1.807, 2.05) is 65.5 Å². The molecule has 24 heavy (non-hydrogen) atoms. The number of amides is 1. The molecule has 0 saturated heterocycles. The lowest BCUT2D eigenvalue weighted by Crippen LogP contribution is -2.26. The van der Waals surface area contributed by atoms with Gasteiger partial charge in [-0.1, -0.05) is 12.1 Å². The Morgan fingerprint density at radius 3 is 2.54 bits per heavy atom. The maximum atomic E-state index is 12.3. The van der Waals surface area contributed by atoms with Crippen LogP contribution in [0.15, 0.2) is 71.6 Å². The van der Waals surface area contributed by atoms with E-state index in [1.165, 1.54) is 0 Å². The lowest BCUT2D eigenvalue weighted by molar-refractivity contribution is -0.121. The Kier molecular flexibility index (Phi) is 5.01. The molecular weight excluding hydrogens is 304 g/mol. The van der Waals surface area contributed by atoms with Gasteiger partial charge in [0.15, 0.2) is 0 Å². The van der Waals surface area contributed by atoms with Gasteiger partial charge in [-0.15, -0.1) is 0 Å². The average molecular weight is 324 g/mol. The van der Waals surface area contributed by atoms with Gasteiger partial charge >= 0.3 is 0 Å². The molecule has 0 saturated carbocycles. The van der Waals surface area contributed by atoms with Crippen molar-refractivity contribution >= 4 is 5.91 Å². The zero-order chi connectivity index (χ0) is 16.8. The van der Waals surface area contributed by atoms with E-state index in [9.17, 15) is 4.79 Å². The number of furan rings is 1. The van der Waals surface area contributed by atoms with Crippen LogP contribution in [0.2, 0.25) is 0 Å². The van der Waals surface area contributed by atoms with Crippen LogP contribution in [0.1, 0.15) is 23.8 Å². The quantitative estimate of drug-likeness (QED) is 0.725. The molecule has 3 aromatic rings. The second-order valence-electron chi connectivity index (χ2n) is 5.49. The van der Waals surface area contributed by atoms with Gasteiger partial charge < -0.3 is 19.0 Å². The molecule has 0 spiro atoms. The molecule has 2 heterocycles. The third-order valence-corrected chi connectivity index (χ3v) is 3.89. The normalized spacial score (nSPS) is 11.9. The summed E-state index contributed by atoms with van der Waals surface area (Å²) in [5.41, 5.74) is 1.03. The van der Waals surface area contributed by atoms with E-state index in [0.29, 0.717) is 13.0 Å². The zero-order valence-electron chi connectivity index (χ0n) is 13.5. The molecule has 124 valence electrons. The Morgan fingerprint density at radius 1 is 1.17 bits per heavy atom. The van der Waals surface area contributed by atoms with Crippen LogP contribution in [-0.4, -0.2) is 17.6 Å². The van der Waals surface area contributed by atoms with E-state index in [1.54, 1.807) is 13.4 Å². The molecule has 0 radical (unpaired) electrons. The predicted molar refractivity (Wildman–Crippen MR) is 90.7 cm³/mol. The van der Waals surface area contributed by atoms with Crippen LogP contribution in [0, 0.1) is 0 Å². The monoisotopic (exact) mass is 324 g/mol. The van der Waals surface area contributed by atoms with Crippen LogP contribution in [0.4, 0.5) is 0 Å². The average Bonchev–Trinajstić information content (AvgIpc) is 3.32. The number of nitrogens with one attached hydrogen (secondary N) is 1. The van der Waals surface area contributed by atoms with Crippen LogP contribution in [0.25, 0.3) is 0 Å². The Balaban J connectivity index is 1.61. The van der Waals surface area contributed by atoms with Crippen molar-refractivity contribution in [3.8, 4) is 5.75 Å². The van der Waals surface area contributed by atoms with Crippen molar-refractivity contribution in [2.75, 3.05) is 7.11 Å². The lowest BCUT2D eigenvalue weighted by Gasteiger charge is -2.16. The molecule has 1 aromatic carbocycles. The fourth-order valence-electron chi connectivity index (χ4n) is 2.58. The summed E-state index contributed by atoms with van der Waals surface area (Å²) in [4.78, 5) is 12.3. The minimum atomic E-state index is -0.147. The molecule has 1 N–H and O–H groups in total. The van der Waals surface area contributed by atoms with E-state index < -0.39 is 0 Å². The molecule has 1 atom stereocenters. The van der Waals surface area contributed by atoms with Crippen molar-refractivity contribution in [3.05, 3.63) is 78.5 Å². The van der Waals surface area contributed by atoms with Gasteiger partial charge in [0.2, 0.25) is 5.91 Å². The van der Waals surface area contributed by atoms with Crippen molar-refractivity contribution in [2.24, 2.45) is 0 Å². The molecule has 0 unspecified atom stereocenters. The van der Waals surface area contributed by atoms with Crippen LogP contribution < -0.4 is 10.1 Å². The first-order chi connectivity index (χ1) is 11.8. The summed E-state index contributed by atoms with van der Waals surface area (Å²) in [6.45, 7) is 0.485. The minimum Gasteiger partial charge on any atom is -0.497 e. The summed E-state index contributed by atoms with van der Waals surface area (Å²) >= 11 is 0. The highest BCUT2D eigenvalue weighted by atomic mass is 16.5. The Hall–Kier alpha value is -2.95. The first-order valence-corrected chi connectivity index (χ1v) is 7.82. The van der Waals surface area contributed by atoms with Crippen LogP contribution in [0.5, 0.6) is 5.75 Å². The fourth-order valence-corrected chi connectivity index (χ4v) is 2.58. The van der Waals surface area contributed by atoms with Crippen molar-refractivity contribution in [3.63, 3.8) is 0 Å². The molecule has 0 bridgehead atoms. The Bertz CT molecular complexity index is 712. The maximum absolute atomic E-state index is 12.3. The summed E-state index contributed by atoms with van der Waals surface area (Å²) in [5.74, 6) is 1.54. The highest BCUT2D eigenvalue weighted by molar-refractivity contribution is 5.76. The number of hydrogen-bond donors (Lipinski definition) is 1. The van der Waals surface area contributed by atoms with Crippen LogP contribution >= 0.6 is 0 Å². The molecule has 0 aliphatic carbocycles. The van der Waals surface area contributed by atoms with E-state index in [-0.39, 0.29) is 11.9 Å². The summed E-state index contributed by atoms with van der Waals surface area (Å²) in [7, 11) is 1.63. The van der Waals surface area contributed by atoms with Gasteiger partial charge in [0.05, 0.1) is 25.8 Å². The summed E-state index contributed by atoms with van der Waals surface area (Å²) in [5, 5.41) is 2.96. The number of carbonyl (C=O) groups is 1. The van der Waals surface area contributed by atoms with Gasteiger partial charge in [0.25, 0.3) is 0 Å². The Labute approximate surface area is 140 Å². The predicted octanol–water partition coefficient (Wildman–Crippen LogP) is 3.39. The number of methoxy groups -OCH3 is 1. The third-order valence-electron chi connectivity index (χ3n) is 3.89. The number of ether oxygens (including phenoxy) is 1. The summed E-state index contributed by atoms with van der Waals surface area (Å²) in [6.07, 6.45) is 5.81. The second-order valence-corrected chi connectivity index (χ2v) is 5.49. The summed E-state index contributed by atoms with van der Waals surface area (Å²) in [6, 6.07) is 15.1. The fraction of sp³-hybridized carbons (Fsp3) is 0.211. The smallest absolute Gasteiger partial charge is 0.222 e. The van der Waals surface area contributed by atoms with Gasteiger partial charge in [0, 0.05) is 18.9 Å². The molecule has 1 amide bonds. The van der Waals surface area contributed by atoms with Crippen molar-refractivity contribution in [1.29, 1.82) is 0 Å². The van der Waals surface area contributed by atoms with E-state index in [4.69, 9.17) is 9.15 Å². The van der Waals surface area contributed by atoms with Crippen LogP contribution in [0.3, 0.4) is 0 Å². The Morgan fingerprint density at radius 2 is 1.92 bits per heavy atom. The molecule has 5 heteroatoms. The number of aromatic nitrogens is 1. The first kappa shape index (κ1) is 15.9. The van der Waals surface area contributed by atoms with E-state index >= 15 is 0 Å². The first-order valence-electron chi connectivity index (χ1n) is 7.82. The van der Waals surface area contributed by atoms with Crippen molar-refractivity contribution in [2.45, 2.75) is 19.0 Å². The zero-order valence-corrected chi connectivity index (χ0v) is 13.5. The molecule has 5 nitrogen and oxygen atoms in total.